The number of hydrogen-bond acceptors (Lipinski definition) is 20. The number of fused-ring (bicyclic) bond motifs is 2. The summed E-state index contributed by atoms with van der Waals surface area (Å²) in [6.07, 6.45) is 3.35. The van der Waals surface area contributed by atoms with Crippen molar-refractivity contribution in [1.29, 1.82) is 0 Å². The van der Waals surface area contributed by atoms with Gasteiger partial charge in [0.1, 0.15) is 39.1 Å². The van der Waals surface area contributed by atoms with E-state index in [9.17, 15) is 50.7 Å². The number of carbonyl (C=O) groups is 6. The molecule has 4 aliphatic rings. The van der Waals surface area contributed by atoms with E-state index >= 15 is 0 Å². The number of benzene rings is 2. The van der Waals surface area contributed by atoms with Crippen molar-refractivity contribution in [2.45, 2.75) is 250 Å². The normalized spacial score (nSPS) is 19.6. The molecule has 2 aromatic heterocycles. The Kier molecular flexibility index (Phi) is 30.6. The van der Waals surface area contributed by atoms with Crippen LogP contribution < -0.4 is 40.2 Å². The molecule has 2 aliphatic heterocycles. The molecular weight excluding hydrogens is 1580 g/mol. The third kappa shape index (κ3) is 26.3. The maximum absolute atomic E-state index is 14.4. The number of hydrogen-bond donors (Lipinski definition) is 7. The van der Waals surface area contributed by atoms with E-state index in [0.717, 1.165) is 39.8 Å². The van der Waals surface area contributed by atoms with Crippen LogP contribution in [-0.2, 0) is 53.4 Å². The smallest absolute Gasteiger partial charge is 0.408 e. The molecule has 4 aromatic rings. The number of nitrogens with zero attached hydrogens (tertiary/aromatic N) is 4. The number of nitrogens with one attached hydrogen (secondary N) is 6. The number of rotatable bonds is 28. The molecule has 596 valence electrons. The minimum Gasteiger partial charge on any atom is -0.472 e. The van der Waals surface area contributed by atoms with Gasteiger partial charge in [-0.1, -0.05) is 127 Å². The molecule has 8 rings (SSSR count). The Hall–Kier alpha value is -6.03. The Morgan fingerprint density at radius 2 is 1.07 bits per heavy atom. The molecular formula is C75H113Br2ClN10O16S2Si. The molecule has 4 heterocycles. The van der Waals surface area contributed by atoms with E-state index in [0.29, 0.717) is 58.1 Å². The molecule has 2 aliphatic carbocycles. The van der Waals surface area contributed by atoms with E-state index < -0.39 is 132 Å². The van der Waals surface area contributed by atoms with Gasteiger partial charge in [-0.15, -0.1) is 13.2 Å². The first-order valence-electron chi connectivity index (χ1n) is 36.1. The molecule has 2 saturated heterocycles. The number of aryl methyl sites for hydroxylation is 1. The highest BCUT2D eigenvalue weighted by Crippen LogP contribution is 2.38. The summed E-state index contributed by atoms with van der Waals surface area (Å²) in [4.78, 5) is 91.9. The van der Waals surface area contributed by atoms with Gasteiger partial charge in [-0.3, -0.25) is 28.6 Å². The summed E-state index contributed by atoms with van der Waals surface area (Å²) in [6.45, 7) is 42.5. The molecule has 6 amide bonds. The van der Waals surface area contributed by atoms with E-state index in [4.69, 9.17) is 35.3 Å². The fourth-order valence-electron chi connectivity index (χ4n) is 11.9. The minimum atomic E-state index is -3.79. The van der Waals surface area contributed by atoms with Crippen molar-refractivity contribution in [2.75, 3.05) is 39.6 Å². The second kappa shape index (κ2) is 36.4. The molecule has 2 saturated carbocycles. The zero-order chi connectivity index (χ0) is 80.4. The standard InChI is InChI=1S/C35H50BrN5O7S.C25H44N4O7S.C15H19BrClNO2Si/c1-10-17-35(9,31(43)40-49(45,46)24-15-16-24)37-19-22-18-23(47-29-26-14-12-11-13-25(26)21(2)28(36)39-29)20-41(22)30(42)27(33(3,4)5)38-32(44)48-34(6,7)8;1-9-12-25(8,21(32)28-37(34,35)18-10-11-18)26-14-16-13-17(30)15-29(16)20(31)19(23(2,3)4)27-22(33)36-24(5,6)7;1-21(2,3)9-8-19-10-20-13-11-6-4-5-7-12(11)15(17)18-14(13)16/h10-14,22-24,27,37H,1,15-20H2,2-9H3,(H,38,44)(H,40,43);9,16-19,26,30H,1,10-15H2,2-8H3,(H,27,33)(H,28,32);4-7H,8-10H2,1-3H3/t22-,23+,27+,35+;16-,17+,19+,25+;/m00./s1. The lowest BCUT2D eigenvalue weighted by Gasteiger charge is -2.37. The zero-order valence-corrected chi connectivity index (χ0v) is 71.8. The predicted octanol–water partition coefficient (Wildman–Crippen LogP) is 11.9. The number of amides is 6. The summed E-state index contributed by atoms with van der Waals surface area (Å²) >= 11 is 13.1. The highest BCUT2D eigenvalue weighted by atomic mass is 79.9. The molecule has 8 atom stereocenters. The molecule has 0 bridgehead atoms. The van der Waals surface area contributed by atoms with E-state index in [2.05, 4.69) is 105 Å². The fourth-order valence-corrected chi connectivity index (χ4v) is 16.7. The third-order valence-corrected chi connectivity index (χ3v) is 25.2. The van der Waals surface area contributed by atoms with Gasteiger partial charge in [-0.2, -0.15) is 0 Å². The second-order valence-electron chi connectivity index (χ2n) is 33.7. The first-order chi connectivity index (χ1) is 49.3. The van der Waals surface area contributed by atoms with Gasteiger partial charge in [0.15, 0.2) is 17.1 Å². The van der Waals surface area contributed by atoms with E-state index in [-0.39, 0.29) is 64.0 Å². The molecule has 2 aromatic carbocycles. The molecule has 26 nitrogen and oxygen atoms in total. The Morgan fingerprint density at radius 1 is 0.645 bits per heavy atom. The fraction of sp³-hybridized carbons (Fsp3) is 0.627. The van der Waals surface area contributed by atoms with Crippen LogP contribution >= 0.6 is 43.5 Å². The van der Waals surface area contributed by atoms with E-state index in [1.165, 1.54) is 11.0 Å². The predicted molar refractivity (Wildman–Crippen MR) is 427 cm³/mol. The largest absolute Gasteiger partial charge is 0.472 e. The van der Waals surface area contributed by atoms with E-state index in [1.807, 2.05) is 97.0 Å². The lowest BCUT2D eigenvalue weighted by atomic mass is 9.85. The first-order valence-corrected chi connectivity index (χ1v) is 44.9. The Morgan fingerprint density at radius 3 is 1.50 bits per heavy atom. The van der Waals surface area contributed by atoms with Gasteiger partial charge in [0.25, 0.3) is 11.8 Å². The third-order valence-electron chi connectivity index (χ3n) is 18.3. The maximum Gasteiger partial charge on any atom is 0.408 e. The SMILES string of the molecule is C=CC[C@@](C)(NC[C@@H]1C[C@@H](O)CN1C(=O)[C@@H](NC(=O)OC(C)(C)C)C(C)(C)C)C(=O)NS(=O)(=O)C1CC1.C=CC[C@@](C)(NC[C@@H]1C[C@@H](Oc2nc(Br)c(C)c3ccccc23)CN1C(=O)[C@@H](NC(=O)OC(C)(C)C)C(C)(C)C)C(=O)NS(=O)(=O)C1CC1.C[Si](C)(C)CCOCOc1c(Br)nc(Cl)c2ccccc12. The summed E-state index contributed by atoms with van der Waals surface area (Å²) in [5.41, 5.74) is -4.53. The number of aliphatic hydroxyl groups is 1. The summed E-state index contributed by atoms with van der Waals surface area (Å²) in [6, 6.07) is 13.8. The molecule has 4 fully saturated rings. The molecule has 0 unspecified atom stereocenters. The van der Waals surface area contributed by atoms with Gasteiger partial charge >= 0.3 is 12.2 Å². The van der Waals surface area contributed by atoms with Gasteiger partial charge < -0.3 is 59.9 Å². The number of pyridine rings is 2. The number of likely N-dealkylation sites (tertiary alicyclic amines) is 2. The first kappa shape index (κ1) is 89.9. The van der Waals surface area contributed by atoms with Gasteiger partial charge in [0.05, 0.1) is 34.2 Å². The molecule has 0 radical (unpaired) electrons. The van der Waals surface area contributed by atoms with Crippen LogP contribution in [0.2, 0.25) is 30.8 Å². The van der Waals surface area contributed by atoms with Gasteiger partial charge in [0, 0.05) is 69.0 Å². The molecule has 107 heavy (non-hydrogen) atoms. The Labute approximate surface area is 655 Å². The number of aromatic nitrogens is 2. The van der Waals surface area contributed by atoms with Crippen LogP contribution in [0, 0.1) is 17.8 Å². The van der Waals surface area contributed by atoms with Crippen molar-refractivity contribution in [3.63, 3.8) is 0 Å². The molecule has 7 N–H and O–H groups in total. The average Bonchev–Trinajstić information content (AvgIpc) is 1.77. The number of aliphatic hydroxyl groups excluding tert-OH is 1. The minimum absolute atomic E-state index is 0.0637. The van der Waals surface area contributed by atoms with E-state index in [1.54, 1.807) is 66.4 Å². The monoisotopic (exact) mass is 1690 g/mol. The number of ether oxygens (including phenoxy) is 5. The topological polar surface area (TPSA) is 342 Å². The van der Waals surface area contributed by atoms with Crippen molar-refractivity contribution in [2.24, 2.45) is 10.8 Å². The number of halogens is 3. The molecule has 0 spiro atoms. The van der Waals surface area contributed by atoms with Crippen LogP contribution in [-0.4, -0.2) is 194 Å². The highest BCUT2D eigenvalue weighted by molar-refractivity contribution is 9.10. The zero-order valence-electron chi connectivity index (χ0n) is 65.2. The Balaban J connectivity index is 0.000000271. The van der Waals surface area contributed by atoms with Gasteiger partial charge in [-0.25, -0.2) is 36.4 Å². The van der Waals surface area contributed by atoms with Gasteiger partial charge in [-0.05, 0) is 173 Å². The second-order valence-corrected chi connectivity index (χ2v) is 45.1. The van der Waals surface area contributed by atoms with Crippen molar-refractivity contribution in [1.82, 2.24) is 50.5 Å². The van der Waals surface area contributed by atoms with Crippen molar-refractivity contribution in [3.8, 4) is 11.6 Å². The van der Waals surface area contributed by atoms with Gasteiger partial charge in [0.2, 0.25) is 37.7 Å². The Bertz CT molecular complexity index is 4100. The van der Waals surface area contributed by atoms with Crippen molar-refractivity contribution < 1.29 is 74.4 Å². The number of carbonyl (C=O) groups excluding carboxylic acids is 6. The van der Waals surface area contributed by atoms with Crippen LogP contribution in [0.25, 0.3) is 21.5 Å². The van der Waals surface area contributed by atoms with Crippen LogP contribution in [0.1, 0.15) is 154 Å². The number of sulfonamides is 2. The summed E-state index contributed by atoms with van der Waals surface area (Å²) < 4.78 is 84.3. The maximum atomic E-state index is 14.4. The van der Waals surface area contributed by atoms with Crippen LogP contribution in [0.3, 0.4) is 0 Å². The van der Waals surface area contributed by atoms with Crippen LogP contribution in [0.4, 0.5) is 9.59 Å². The lowest BCUT2D eigenvalue weighted by molar-refractivity contribution is -0.138. The van der Waals surface area contributed by atoms with Crippen molar-refractivity contribution >= 4 is 129 Å². The lowest BCUT2D eigenvalue weighted by Crippen LogP contribution is -2.60. The quantitative estimate of drug-likeness (QED) is 0.00913. The van der Waals surface area contributed by atoms with Crippen molar-refractivity contribution in [3.05, 3.63) is 93.8 Å². The summed E-state index contributed by atoms with van der Waals surface area (Å²) in [7, 11) is -8.60. The number of alkyl carbamates (subject to hydrolysis) is 2. The average molecular weight is 1700 g/mol. The molecule has 32 heteroatoms. The van der Waals surface area contributed by atoms with Crippen LogP contribution in [0.15, 0.2) is 83.0 Å². The summed E-state index contributed by atoms with van der Waals surface area (Å²) in [5.74, 6) is -1.03. The highest BCUT2D eigenvalue weighted by Gasteiger charge is 2.48. The van der Waals surface area contributed by atoms with Crippen LogP contribution in [0.5, 0.6) is 11.6 Å². The summed E-state index contributed by atoms with van der Waals surface area (Å²) in [5, 5.41) is 25.2. The number of β-amino-alcohol motifs (C(OH)–C–C–N with tert-alkyl or cyclic N) is 1.